The van der Waals surface area contributed by atoms with Gasteiger partial charge in [0.25, 0.3) is 0 Å². The van der Waals surface area contributed by atoms with Crippen molar-refractivity contribution in [2.75, 3.05) is 0 Å². The van der Waals surface area contributed by atoms with Gasteiger partial charge in [-0.15, -0.1) is 0 Å². The van der Waals surface area contributed by atoms with E-state index in [1.54, 1.807) is 0 Å². The molecular weight excluding hydrogens is 645 g/mol. The summed E-state index contributed by atoms with van der Waals surface area (Å²) in [7, 11) is 0. The molecule has 0 atom stereocenters. The lowest BCUT2D eigenvalue weighted by molar-refractivity contribution is 1.07. The summed E-state index contributed by atoms with van der Waals surface area (Å²) < 4.78 is 2.34. The van der Waals surface area contributed by atoms with E-state index in [9.17, 15) is 0 Å². The van der Waals surface area contributed by atoms with Crippen LogP contribution in [0.15, 0.2) is 182 Å². The highest BCUT2D eigenvalue weighted by molar-refractivity contribution is 6.20. The van der Waals surface area contributed by atoms with Crippen LogP contribution in [0.1, 0.15) is 0 Å². The second kappa shape index (κ2) is 11.7. The Bertz CT molecular complexity index is 3190. The van der Waals surface area contributed by atoms with Crippen LogP contribution in [0, 0.1) is 0 Å². The Balaban J connectivity index is 1.18. The molecule has 4 heteroatoms. The number of aromatic nitrogens is 4. The van der Waals surface area contributed by atoms with Gasteiger partial charge in [-0.3, -0.25) is 0 Å². The molecule has 11 rings (SSSR count). The first-order chi connectivity index (χ1) is 26.3. The zero-order valence-electron chi connectivity index (χ0n) is 28.6. The zero-order valence-corrected chi connectivity index (χ0v) is 28.6. The molecule has 0 saturated heterocycles. The third-order valence-corrected chi connectivity index (χ3v) is 10.6. The summed E-state index contributed by atoms with van der Waals surface area (Å²) in [4.78, 5) is 15.8. The fourth-order valence-electron chi connectivity index (χ4n) is 8.09. The molecule has 0 aliphatic carbocycles. The van der Waals surface area contributed by atoms with Crippen molar-refractivity contribution >= 4 is 64.9 Å². The molecule has 0 unspecified atom stereocenters. The summed E-state index contributed by atoms with van der Waals surface area (Å²) in [6.45, 7) is 0. The van der Waals surface area contributed by atoms with Crippen LogP contribution in [0.5, 0.6) is 0 Å². The lowest BCUT2D eigenvalue weighted by Gasteiger charge is -2.15. The van der Waals surface area contributed by atoms with Crippen LogP contribution < -0.4 is 0 Å². The first-order valence-electron chi connectivity index (χ1n) is 17.9. The highest BCUT2D eigenvalue weighted by atomic mass is 15.1. The highest BCUT2D eigenvalue weighted by Crippen LogP contribution is 2.38. The van der Waals surface area contributed by atoms with Crippen molar-refractivity contribution in [3.05, 3.63) is 182 Å². The minimum absolute atomic E-state index is 0.624. The molecule has 0 spiro atoms. The molecule has 0 aliphatic rings. The van der Waals surface area contributed by atoms with E-state index in [1.807, 2.05) is 0 Å². The number of fused-ring (bicyclic) bond motifs is 9. The molecule has 2 aromatic heterocycles. The van der Waals surface area contributed by atoms with Gasteiger partial charge in [0.15, 0.2) is 17.5 Å². The number of rotatable bonds is 4. The van der Waals surface area contributed by atoms with E-state index < -0.39 is 0 Å². The Morgan fingerprint density at radius 3 is 1.55 bits per heavy atom. The molecule has 0 fully saturated rings. The van der Waals surface area contributed by atoms with Gasteiger partial charge in [-0.25, -0.2) is 15.0 Å². The summed E-state index contributed by atoms with van der Waals surface area (Å²) in [6, 6.07) is 64.5. The summed E-state index contributed by atoms with van der Waals surface area (Å²) in [5.41, 5.74) is 6.11. The molecule has 4 nitrogen and oxygen atoms in total. The number of hydrogen-bond donors (Lipinski definition) is 0. The molecule has 246 valence electrons. The van der Waals surface area contributed by atoms with Crippen LogP contribution in [0.2, 0.25) is 0 Å². The van der Waals surface area contributed by atoms with E-state index in [1.165, 1.54) is 48.5 Å². The van der Waals surface area contributed by atoms with Crippen LogP contribution in [0.25, 0.3) is 105 Å². The minimum Gasteiger partial charge on any atom is -0.309 e. The predicted octanol–water partition coefficient (Wildman–Crippen LogP) is 12.6. The van der Waals surface area contributed by atoms with Crippen molar-refractivity contribution in [2.24, 2.45) is 0 Å². The summed E-state index contributed by atoms with van der Waals surface area (Å²) in [5.74, 6) is 1.89. The van der Waals surface area contributed by atoms with Crippen LogP contribution in [-0.4, -0.2) is 19.5 Å². The van der Waals surface area contributed by atoms with E-state index >= 15 is 0 Å². The molecular formula is C49H30N4. The largest absolute Gasteiger partial charge is 0.309 e. The lowest BCUT2D eigenvalue weighted by Crippen LogP contribution is -2.03. The minimum atomic E-state index is 0.624. The Kier molecular flexibility index (Phi) is 6.52. The average Bonchev–Trinajstić information content (AvgIpc) is 3.57. The molecule has 9 aromatic carbocycles. The van der Waals surface area contributed by atoms with Crippen LogP contribution >= 0.6 is 0 Å². The second-order valence-corrected chi connectivity index (χ2v) is 13.6. The van der Waals surface area contributed by atoms with Crippen molar-refractivity contribution in [1.29, 1.82) is 0 Å². The fraction of sp³-hybridized carbons (Fsp3) is 0. The quantitative estimate of drug-likeness (QED) is 0.175. The Morgan fingerprint density at radius 1 is 0.321 bits per heavy atom. The van der Waals surface area contributed by atoms with Crippen LogP contribution in [0.4, 0.5) is 0 Å². The molecule has 0 N–H and O–H groups in total. The maximum atomic E-state index is 5.31. The van der Waals surface area contributed by atoms with Gasteiger partial charge >= 0.3 is 0 Å². The van der Waals surface area contributed by atoms with Gasteiger partial charge in [0.1, 0.15) is 0 Å². The zero-order chi connectivity index (χ0) is 34.9. The van der Waals surface area contributed by atoms with Crippen molar-refractivity contribution in [3.8, 4) is 39.9 Å². The normalized spacial score (nSPS) is 11.8. The summed E-state index contributed by atoms with van der Waals surface area (Å²) >= 11 is 0. The Labute approximate surface area is 305 Å². The van der Waals surface area contributed by atoms with Gasteiger partial charge < -0.3 is 4.57 Å². The Morgan fingerprint density at radius 2 is 0.811 bits per heavy atom. The number of nitrogens with zero attached hydrogens (tertiary/aromatic N) is 4. The van der Waals surface area contributed by atoms with Gasteiger partial charge in [-0.05, 0) is 79.5 Å². The van der Waals surface area contributed by atoms with Crippen molar-refractivity contribution < 1.29 is 0 Å². The van der Waals surface area contributed by atoms with Gasteiger partial charge in [0.05, 0.1) is 16.7 Å². The standard InChI is InChI=1S/C49H30N4/c1-2-13-35-29-36(27-21-31(35)11-1)47-50-48(37-28-24-33-23-26-34-25-22-32-12-3-4-14-38(32)46(34)42(33)30-37)52-49(51-47)41-17-7-10-20-45(41)53-43-18-8-5-15-39(43)40-16-6-9-19-44(40)53/h1-30H. The molecule has 53 heavy (non-hydrogen) atoms. The fourth-order valence-corrected chi connectivity index (χ4v) is 8.09. The number of para-hydroxylation sites is 3. The van der Waals surface area contributed by atoms with Crippen molar-refractivity contribution in [2.45, 2.75) is 0 Å². The van der Waals surface area contributed by atoms with Crippen molar-refractivity contribution in [3.63, 3.8) is 0 Å². The highest BCUT2D eigenvalue weighted by Gasteiger charge is 2.19. The third-order valence-electron chi connectivity index (χ3n) is 10.6. The van der Waals surface area contributed by atoms with Crippen LogP contribution in [0.3, 0.4) is 0 Å². The van der Waals surface area contributed by atoms with E-state index in [-0.39, 0.29) is 0 Å². The molecule has 0 aliphatic heterocycles. The molecule has 0 saturated carbocycles. The smallest absolute Gasteiger partial charge is 0.166 e. The average molecular weight is 675 g/mol. The van der Waals surface area contributed by atoms with E-state index in [4.69, 9.17) is 15.0 Å². The second-order valence-electron chi connectivity index (χ2n) is 13.6. The SMILES string of the molecule is c1ccc(-n2c3ccccc3c3ccccc32)c(-c2nc(-c3ccc4ccccc4c3)nc(-c3ccc4ccc5ccc6ccccc6c5c4c3)n2)c1. The lowest BCUT2D eigenvalue weighted by atomic mass is 9.95. The summed E-state index contributed by atoms with van der Waals surface area (Å²) in [5, 5.41) is 12.0. The number of benzene rings is 9. The van der Waals surface area contributed by atoms with Gasteiger partial charge in [-0.2, -0.15) is 0 Å². The molecule has 0 radical (unpaired) electrons. The molecule has 0 bridgehead atoms. The van der Waals surface area contributed by atoms with E-state index in [0.29, 0.717) is 17.5 Å². The maximum Gasteiger partial charge on any atom is 0.166 e. The molecule has 11 aromatic rings. The Hall–Kier alpha value is -7.17. The topological polar surface area (TPSA) is 43.6 Å². The van der Waals surface area contributed by atoms with Gasteiger partial charge in [0.2, 0.25) is 0 Å². The van der Waals surface area contributed by atoms with Crippen LogP contribution in [-0.2, 0) is 0 Å². The molecule has 0 amide bonds. The summed E-state index contributed by atoms with van der Waals surface area (Å²) in [6.07, 6.45) is 0. The first-order valence-corrected chi connectivity index (χ1v) is 17.9. The predicted molar refractivity (Wildman–Crippen MR) is 220 cm³/mol. The van der Waals surface area contributed by atoms with E-state index in [2.05, 4.69) is 187 Å². The number of hydrogen-bond acceptors (Lipinski definition) is 3. The third kappa shape index (κ3) is 4.73. The first kappa shape index (κ1) is 29.5. The monoisotopic (exact) mass is 674 g/mol. The molecule has 2 heterocycles. The van der Waals surface area contributed by atoms with E-state index in [0.717, 1.165) is 38.8 Å². The van der Waals surface area contributed by atoms with Gasteiger partial charge in [-0.1, -0.05) is 146 Å². The maximum absolute atomic E-state index is 5.31. The van der Waals surface area contributed by atoms with Crippen molar-refractivity contribution in [1.82, 2.24) is 19.5 Å². The van der Waals surface area contributed by atoms with Gasteiger partial charge in [0, 0.05) is 27.5 Å².